The highest BCUT2D eigenvalue weighted by atomic mass is 28.4. The number of rotatable bonds is 6. The lowest BCUT2D eigenvalue weighted by atomic mass is 10.2. The van der Waals surface area contributed by atoms with Crippen molar-refractivity contribution in [1.29, 1.82) is 0 Å². The van der Waals surface area contributed by atoms with Gasteiger partial charge in [-0.25, -0.2) is 0 Å². The third-order valence-corrected chi connectivity index (χ3v) is 5.81. The summed E-state index contributed by atoms with van der Waals surface area (Å²) in [7, 11) is 0.289. The van der Waals surface area contributed by atoms with E-state index < -0.39 is 14.1 Å². The number of carbonyl (C=O) groups excluding carboxylic acids is 2. The molecule has 0 saturated heterocycles. The molecule has 0 N–H and O–H groups in total. The molecule has 0 aliphatic carbocycles. The van der Waals surface area contributed by atoms with Gasteiger partial charge in [0.2, 0.25) is 0 Å². The Morgan fingerprint density at radius 3 is 1.93 bits per heavy atom. The molecular formula is C9H18O4Si. The van der Waals surface area contributed by atoms with Gasteiger partial charge in [0.15, 0.2) is 0 Å². The van der Waals surface area contributed by atoms with Crippen LogP contribution in [0.2, 0.25) is 12.1 Å². The number of Topliss-reactive ketones (excluding diaryl/α,β-unsaturated/α-hetero) is 2. The third-order valence-electron chi connectivity index (χ3n) is 2.41. The van der Waals surface area contributed by atoms with E-state index in [1.807, 2.05) is 0 Å². The van der Waals surface area contributed by atoms with Gasteiger partial charge in [-0.3, -0.25) is 9.59 Å². The number of ketones is 2. The van der Waals surface area contributed by atoms with Crippen molar-refractivity contribution < 1.29 is 18.4 Å². The predicted molar refractivity (Wildman–Crippen MR) is 55.4 cm³/mol. The van der Waals surface area contributed by atoms with E-state index >= 15 is 0 Å². The topological polar surface area (TPSA) is 52.6 Å². The van der Waals surface area contributed by atoms with Gasteiger partial charge in [0, 0.05) is 20.6 Å². The molecule has 82 valence electrons. The van der Waals surface area contributed by atoms with Crippen molar-refractivity contribution in [3.63, 3.8) is 0 Å². The maximum absolute atomic E-state index is 11.6. The lowest BCUT2D eigenvalue weighted by Crippen LogP contribution is -2.47. The van der Waals surface area contributed by atoms with Crippen molar-refractivity contribution in [3.8, 4) is 0 Å². The molecule has 0 aromatic carbocycles. The molecule has 1 unspecified atom stereocenters. The molecule has 0 spiro atoms. The van der Waals surface area contributed by atoms with Gasteiger partial charge >= 0.3 is 8.56 Å². The van der Waals surface area contributed by atoms with Crippen molar-refractivity contribution in [1.82, 2.24) is 0 Å². The van der Waals surface area contributed by atoms with E-state index in [4.69, 9.17) is 8.85 Å². The third kappa shape index (κ3) is 2.73. The maximum Gasteiger partial charge on any atom is 0.352 e. The van der Waals surface area contributed by atoms with Crippen molar-refractivity contribution >= 4 is 20.1 Å². The van der Waals surface area contributed by atoms with E-state index in [1.165, 1.54) is 21.1 Å². The first kappa shape index (κ1) is 13.5. The molecule has 0 aliphatic heterocycles. The van der Waals surface area contributed by atoms with Crippen LogP contribution in [0.4, 0.5) is 0 Å². The van der Waals surface area contributed by atoms with E-state index in [0.29, 0.717) is 6.42 Å². The van der Waals surface area contributed by atoms with Crippen LogP contribution in [0.25, 0.3) is 0 Å². The highest BCUT2D eigenvalue weighted by Gasteiger charge is 2.46. The Morgan fingerprint density at radius 2 is 1.71 bits per heavy atom. The molecule has 0 heterocycles. The lowest BCUT2D eigenvalue weighted by Gasteiger charge is -2.28. The molecular weight excluding hydrogens is 200 g/mol. The molecule has 0 fully saturated rings. The first-order chi connectivity index (χ1) is 6.42. The Morgan fingerprint density at radius 1 is 1.29 bits per heavy atom. The Kier molecular flexibility index (Phi) is 5.18. The van der Waals surface area contributed by atoms with Crippen LogP contribution in [0.15, 0.2) is 0 Å². The molecule has 0 radical (unpaired) electrons. The molecule has 5 heteroatoms. The van der Waals surface area contributed by atoms with Crippen LogP contribution in [0, 0.1) is 0 Å². The highest BCUT2D eigenvalue weighted by molar-refractivity contribution is 6.75. The number of carbonyl (C=O) groups is 2. The van der Waals surface area contributed by atoms with E-state index in [-0.39, 0.29) is 11.6 Å². The zero-order valence-corrected chi connectivity index (χ0v) is 10.4. The van der Waals surface area contributed by atoms with Gasteiger partial charge < -0.3 is 8.85 Å². The van der Waals surface area contributed by atoms with Gasteiger partial charge in [0.1, 0.15) is 17.1 Å². The predicted octanol–water partition coefficient (Wildman–Crippen LogP) is 1.29. The summed E-state index contributed by atoms with van der Waals surface area (Å²) >= 11 is 0. The zero-order valence-electron chi connectivity index (χ0n) is 9.42. The fourth-order valence-corrected chi connectivity index (χ4v) is 3.58. The average molecular weight is 218 g/mol. The highest BCUT2D eigenvalue weighted by Crippen LogP contribution is 2.26. The van der Waals surface area contributed by atoms with Gasteiger partial charge in [-0.1, -0.05) is 6.92 Å². The van der Waals surface area contributed by atoms with Crippen molar-refractivity contribution in [2.75, 3.05) is 14.2 Å². The van der Waals surface area contributed by atoms with Crippen LogP contribution in [0.1, 0.15) is 20.3 Å². The Bertz CT molecular complexity index is 223. The summed E-state index contributed by atoms with van der Waals surface area (Å²) in [6.07, 6.45) is 0.333. The van der Waals surface area contributed by atoms with Gasteiger partial charge in [-0.2, -0.15) is 0 Å². The Balaban J connectivity index is 4.98. The quantitative estimate of drug-likeness (QED) is 0.498. The van der Waals surface area contributed by atoms with Gasteiger partial charge in [0.25, 0.3) is 0 Å². The fraction of sp³-hybridized carbons (Fsp3) is 0.778. The van der Waals surface area contributed by atoms with Crippen LogP contribution >= 0.6 is 0 Å². The minimum Gasteiger partial charge on any atom is -0.397 e. The van der Waals surface area contributed by atoms with Crippen LogP contribution in [0.3, 0.4) is 0 Å². The lowest BCUT2D eigenvalue weighted by molar-refractivity contribution is -0.126. The second kappa shape index (κ2) is 5.38. The molecule has 0 bridgehead atoms. The average Bonchev–Trinajstić information content (AvgIpc) is 2.16. The van der Waals surface area contributed by atoms with Crippen molar-refractivity contribution in [2.45, 2.75) is 32.4 Å². The number of hydrogen-bond donors (Lipinski definition) is 0. The van der Waals surface area contributed by atoms with E-state index in [1.54, 1.807) is 13.5 Å². The van der Waals surface area contributed by atoms with Crippen molar-refractivity contribution in [2.24, 2.45) is 0 Å². The smallest absolute Gasteiger partial charge is 0.352 e. The summed E-state index contributed by atoms with van der Waals surface area (Å²) in [5, 5.41) is 0. The van der Waals surface area contributed by atoms with E-state index in [0.717, 1.165) is 0 Å². The molecule has 4 nitrogen and oxygen atoms in total. The van der Waals surface area contributed by atoms with Crippen LogP contribution < -0.4 is 0 Å². The maximum atomic E-state index is 11.6. The number of hydrogen-bond acceptors (Lipinski definition) is 4. The minimum absolute atomic E-state index is 0.102. The zero-order chi connectivity index (χ0) is 11.4. The van der Waals surface area contributed by atoms with Crippen LogP contribution in [-0.4, -0.2) is 34.3 Å². The molecule has 0 aromatic rings. The molecule has 0 rings (SSSR count). The summed E-state index contributed by atoms with van der Waals surface area (Å²) in [4.78, 5) is 22.9. The summed E-state index contributed by atoms with van der Waals surface area (Å²) in [6, 6.07) is 0. The monoisotopic (exact) mass is 218 g/mol. The molecule has 14 heavy (non-hydrogen) atoms. The Labute approximate surface area is 85.8 Å². The SMILES string of the molecule is CCC(=O)C(C(C)=O)[Si](C)(OC)OC. The Hall–Kier alpha value is -0.523. The molecule has 0 saturated carbocycles. The molecule has 0 amide bonds. The summed E-state index contributed by atoms with van der Waals surface area (Å²) in [6.45, 7) is 4.87. The second-order valence-electron chi connectivity index (χ2n) is 3.29. The summed E-state index contributed by atoms with van der Waals surface area (Å²) in [5.41, 5.74) is -0.706. The largest absolute Gasteiger partial charge is 0.397 e. The van der Waals surface area contributed by atoms with Crippen LogP contribution in [0.5, 0.6) is 0 Å². The summed E-state index contributed by atoms with van der Waals surface area (Å²) in [5.74, 6) is -0.273. The second-order valence-corrected chi connectivity index (χ2v) is 6.71. The minimum atomic E-state index is -2.67. The van der Waals surface area contributed by atoms with Crippen LogP contribution in [-0.2, 0) is 18.4 Å². The van der Waals surface area contributed by atoms with Gasteiger partial charge in [-0.15, -0.1) is 0 Å². The molecule has 0 aliphatic rings. The van der Waals surface area contributed by atoms with E-state index in [2.05, 4.69) is 0 Å². The molecule has 0 aromatic heterocycles. The van der Waals surface area contributed by atoms with Crippen molar-refractivity contribution in [3.05, 3.63) is 0 Å². The first-order valence-electron chi connectivity index (χ1n) is 4.56. The first-order valence-corrected chi connectivity index (χ1v) is 6.95. The molecule has 1 atom stereocenters. The normalized spacial score (nSPS) is 13.8. The fourth-order valence-electron chi connectivity index (χ4n) is 1.41. The van der Waals surface area contributed by atoms with Gasteiger partial charge in [0.05, 0.1) is 0 Å². The summed E-state index contributed by atoms with van der Waals surface area (Å²) < 4.78 is 10.4. The van der Waals surface area contributed by atoms with E-state index in [9.17, 15) is 9.59 Å². The van der Waals surface area contributed by atoms with Gasteiger partial charge in [-0.05, 0) is 13.5 Å². The standard InChI is InChI=1S/C9H18O4Si/c1-6-8(11)9(7(2)10)14(5,12-3)13-4/h9H,6H2,1-5H3.